The topological polar surface area (TPSA) is 93.0 Å². The van der Waals surface area contributed by atoms with Crippen molar-refractivity contribution in [2.24, 2.45) is 0 Å². The minimum absolute atomic E-state index is 0.0860. The number of aromatic nitrogens is 3. The number of hydrogen-bond acceptors (Lipinski definition) is 7. The average molecular weight is 520 g/mol. The van der Waals surface area contributed by atoms with Crippen LogP contribution in [-0.2, 0) is 16.9 Å². The third kappa shape index (κ3) is 4.06. The SMILES string of the molecule is COc1ccc(-n2cc(CN3C(=O)[C@@](O)(c4ccc(N(C)C)cc4OC)c4c(Cl)cccc43)nn2)cc1. The number of aliphatic hydroxyl groups is 1. The van der Waals surface area contributed by atoms with E-state index >= 15 is 0 Å². The third-order valence-corrected chi connectivity index (χ3v) is 6.80. The Morgan fingerprint density at radius 2 is 1.81 bits per heavy atom. The van der Waals surface area contributed by atoms with E-state index in [1.54, 1.807) is 48.3 Å². The molecule has 190 valence electrons. The fourth-order valence-corrected chi connectivity index (χ4v) is 4.87. The van der Waals surface area contributed by atoms with E-state index in [1.807, 2.05) is 49.3 Å². The summed E-state index contributed by atoms with van der Waals surface area (Å²) in [7, 11) is 6.91. The van der Waals surface area contributed by atoms with E-state index in [2.05, 4.69) is 10.3 Å². The van der Waals surface area contributed by atoms with Crippen LogP contribution in [0.25, 0.3) is 5.69 Å². The Morgan fingerprint density at radius 3 is 2.49 bits per heavy atom. The highest BCUT2D eigenvalue weighted by Crippen LogP contribution is 2.50. The first kappa shape index (κ1) is 24.6. The van der Waals surface area contributed by atoms with Crippen molar-refractivity contribution in [3.63, 3.8) is 0 Å². The fraction of sp³-hybridized carbons (Fsp3) is 0.222. The van der Waals surface area contributed by atoms with Gasteiger partial charge in [0.15, 0.2) is 0 Å². The van der Waals surface area contributed by atoms with Crippen molar-refractivity contribution in [1.82, 2.24) is 15.0 Å². The van der Waals surface area contributed by atoms with Crippen LogP contribution in [0.4, 0.5) is 11.4 Å². The third-order valence-electron chi connectivity index (χ3n) is 6.49. The monoisotopic (exact) mass is 519 g/mol. The molecule has 1 aliphatic heterocycles. The summed E-state index contributed by atoms with van der Waals surface area (Å²) in [5.74, 6) is 0.555. The molecule has 0 saturated heterocycles. The van der Waals surface area contributed by atoms with Gasteiger partial charge in [0.25, 0.3) is 5.91 Å². The molecule has 1 N–H and O–H groups in total. The van der Waals surface area contributed by atoms with Crippen LogP contribution in [0.1, 0.15) is 16.8 Å². The molecule has 4 aromatic rings. The number of fused-ring (bicyclic) bond motifs is 1. The number of hydrogen-bond donors (Lipinski definition) is 1. The van der Waals surface area contributed by atoms with Crippen LogP contribution in [-0.4, -0.2) is 54.3 Å². The smallest absolute Gasteiger partial charge is 0.269 e. The van der Waals surface area contributed by atoms with Crippen LogP contribution in [0.2, 0.25) is 5.02 Å². The molecule has 9 nitrogen and oxygen atoms in total. The van der Waals surface area contributed by atoms with Gasteiger partial charge in [-0.2, -0.15) is 0 Å². The molecule has 0 unspecified atom stereocenters. The summed E-state index contributed by atoms with van der Waals surface area (Å²) in [6, 6.07) is 17.8. The Labute approximate surface area is 219 Å². The van der Waals surface area contributed by atoms with E-state index in [4.69, 9.17) is 21.1 Å². The molecule has 1 atom stereocenters. The van der Waals surface area contributed by atoms with Crippen LogP contribution in [0.15, 0.2) is 66.9 Å². The molecule has 3 aromatic carbocycles. The number of nitrogens with zero attached hydrogens (tertiary/aromatic N) is 5. The van der Waals surface area contributed by atoms with Gasteiger partial charge in [0.1, 0.15) is 17.2 Å². The summed E-state index contributed by atoms with van der Waals surface area (Å²) in [5.41, 5.74) is 1.26. The Hall–Kier alpha value is -4.08. The lowest BCUT2D eigenvalue weighted by Gasteiger charge is -2.26. The van der Waals surface area contributed by atoms with Gasteiger partial charge in [-0.05, 0) is 48.5 Å². The van der Waals surface area contributed by atoms with Crippen LogP contribution >= 0.6 is 11.6 Å². The number of anilines is 2. The van der Waals surface area contributed by atoms with Gasteiger partial charge in [0, 0.05) is 42.0 Å². The van der Waals surface area contributed by atoms with Crippen LogP contribution < -0.4 is 19.3 Å². The summed E-state index contributed by atoms with van der Waals surface area (Å²) < 4.78 is 12.4. The molecule has 37 heavy (non-hydrogen) atoms. The van der Waals surface area contributed by atoms with Gasteiger partial charge in [-0.15, -0.1) is 5.10 Å². The number of carbonyl (C=O) groups excluding carboxylic acids is 1. The number of rotatable bonds is 7. The zero-order valence-corrected chi connectivity index (χ0v) is 21.6. The maximum atomic E-state index is 14.0. The maximum absolute atomic E-state index is 14.0. The van der Waals surface area contributed by atoms with Crippen LogP contribution in [0.3, 0.4) is 0 Å². The lowest BCUT2D eigenvalue weighted by molar-refractivity contribution is -0.132. The lowest BCUT2D eigenvalue weighted by atomic mass is 9.86. The zero-order valence-electron chi connectivity index (χ0n) is 20.8. The maximum Gasteiger partial charge on any atom is 0.269 e. The van der Waals surface area contributed by atoms with Crippen molar-refractivity contribution in [2.45, 2.75) is 12.1 Å². The summed E-state index contributed by atoms with van der Waals surface area (Å²) in [6.07, 6.45) is 1.74. The van der Waals surface area contributed by atoms with E-state index in [0.29, 0.717) is 28.3 Å². The first-order valence-electron chi connectivity index (χ1n) is 11.5. The van der Waals surface area contributed by atoms with Crippen molar-refractivity contribution in [2.75, 3.05) is 38.1 Å². The largest absolute Gasteiger partial charge is 0.497 e. The second kappa shape index (κ2) is 9.42. The van der Waals surface area contributed by atoms with Crippen molar-refractivity contribution < 1.29 is 19.4 Å². The Bertz CT molecular complexity index is 1470. The first-order chi connectivity index (χ1) is 17.8. The minimum atomic E-state index is -2.05. The van der Waals surface area contributed by atoms with Crippen molar-refractivity contribution in [1.29, 1.82) is 0 Å². The quantitative estimate of drug-likeness (QED) is 0.397. The number of benzene rings is 3. The molecular weight excluding hydrogens is 494 g/mol. The van der Waals surface area contributed by atoms with Crippen molar-refractivity contribution >= 4 is 28.9 Å². The van der Waals surface area contributed by atoms with Gasteiger partial charge in [-0.3, -0.25) is 4.79 Å². The van der Waals surface area contributed by atoms with Gasteiger partial charge < -0.3 is 24.4 Å². The van der Waals surface area contributed by atoms with Gasteiger partial charge >= 0.3 is 0 Å². The average Bonchev–Trinajstić information content (AvgIpc) is 3.46. The molecule has 0 saturated carbocycles. The molecular formula is C27H26ClN5O4. The van der Waals surface area contributed by atoms with Crippen LogP contribution in [0.5, 0.6) is 11.5 Å². The second-order valence-corrected chi connectivity index (χ2v) is 9.27. The van der Waals surface area contributed by atoms with Gasteiger partial charge in [-0.25, -0.2) is 4.68 Å². The molecule has 10 heteroatoms. The second-order valence-electron chi connectivity index (χ2n) is 8.87. The summed E-state index contributed by atoms with van der Waals surface area (Å²) in [4.78, 5) is 17.3. The normalized spacial score (nSPS) is 16.6. The summed E-state index contributed by atoms with van der Waals surface area (Å²) in [5, 5.41) is 20.8. The molecule has 1 aromatic heterocycles. The zero-order chi connectivity index (χ0) is 26.3. The van der Waals surface area contributed by atoms with Crippen LogP contribution in [0, 0.1) is 0 Å². The van der Waals surface area contributed by atoms with E-state index < -0.39 is 11.5 Å². The van der Waals surface area contributed by atoms with Crippen molar-refractivity contribution in [3.05, 3.63) is 88.7 Å². The van der Waals surface area contributed by atoms with Gasteiger partial charge in [-0.1, -0.05) is 22.9 Å². The highest BCUT2D eigenvalue weighted by molar-refractivity contribution is 6.33. The van der Waals surface area contributed by atoms with E-state index in [-0.39, 0.29) is 11.6 Å². The van der Waals surface area contributed by atoms with E-state index in [1.165, 1.54) is 12.0 Å². The lowest BCUT2D eigenvalue weighted by Crippen LogP contribution is -2.41. The van der Waals surface area contributed by atoms with E-state index in [0.717, 1.165) is 17.1 Å². The van der Waals surface area contributed by atoms with E-state index in [9.17, 15) is 9.90 Å². The molecule has 0 fully saturated rings. The summed E-state index contributed by atoms with van der Waals surface area (Å²) >= 11 is 6.59. The fourth-order valence-electron chi connectivity index (χ4n) is 4.57. The Kier molecular flexibility index (Phi) is 6.26. The predicted molar refractivity (Wildman–Crippen MR) is 141 cm³/mol. The number of halogens is 1. The highest BCUT2D eigenvalue weighted by atomic mass is 35.5. The van der Waals surface area contributed by atoms with Gasteiger partial charge in [0.2, 0.25) is 5.60 Å². The first-order valence-corrected chi connectivity index (χ1v) is 11.9. The number of carbonyl (C=O) groups is 1. The molecule has 2 heterocycles. The van der Waals surface area contributed by atoms with Crippen molar-refractivity contribution in [3.8, 4) is 17.2 Å². The predicted octanol–water partition coefficient (Wildman–Crippen LogP) is 3.79. The number of ether oxygens (including phenoxy) is 2. The number of amides is 1. The number of methoxy groups -OCH3 is 2. The Morgan fingerprint density at radius 1 is 1.05 bits per heavy atom. The molecule has 0 bridgehead atoms. The standard InChI is InChI=1S/C27H26ClN5O4/c1-31(2)19-10-13-21(24(14-19)37-4)27(35)25-22(28)6-5-7-23(25)32(26(27)34)15-17-16-33(30-29-17)18-8-11-20(36-3)12-9-18/h5-14,16,35H,15H2,1-4H3/t27-/m1/s1. The molecule has 5 rings (SSSR count). The molecule has 1 aliphatic rings. The molecule has 0 aliphatic carbocycles. The highest BCUT2D eigenvalue weighted by Gasteiger charge is 2.54. The molecule has 1 amide bonds. The molecule has 0 spiro atoms. The minimum Gasteiger partial charge on any atom is -0.497 e. The molecule has 0 radical (unpaired) electrons. The Balaban J connectivity index is 1.54. The van der Waals surface area contributed by atoms with Gasteiger partial charge in [0.05, 0.1) is 38.3 Å². The summed E-state index contributed by atoms with van der Waals surface area (Å²) in [6.45, 7) is 0.0860.